The highest BCUT2D eigenvalue weighted by Gasteiger charge is 2.44. The summed E-state index contributed by atoms with van der Waals surface area (Å²) in [5, 5.41) is 12.7. The van der Waals surface area contributed by atoms with Crippen LogP contribution in [-0.2, 0) is 9.59 Å². The first-order valence-electron chi connectivity index (χ1n) is 8.73. The minimum atomic E-state index is -0.684. The van der Waals surface area contributed by atoms with Gasteiger partial charge < -0.3 is 20.1 Å². The number of halogens is 1. The van der Waals surface area contributed by atoms with E-state index in [1.165, 1.54) is 23.1 Å². The second kappa shape index (κ2) is 6.29. The van der Waals surface area contributed by atoms with Crippen molar-refractivity contribution in [2.45, 2.75) is 31.4 Å². The zero-order chi connectivity index (χ0) is 17.6. The number of amides is 2. The fraction of sp³-hybridized carbons (Fsp3) is 0.556. The highest BCUT2D eigenvalue weighted by atomic mass is 19.1. The van der Waals surface area contributed by atoms with Crippen molar-refractivity contribution in [3.63, 3.8) is 0 Å². The molecule has 2 N–H and O–H groups in total. The van der Waals surface area contributed by atoms with Crippen LogP contribution >= 0.6 is 0 Å². The number of rotatable bonds is 1. The molecule has 1 unspecified atom stereocenters. The van der Waals surface area contributed by atoms with Gasteiger partial charge in [0.1, 0.15) is 11.6 Å². The highest BCUT2D eigenvalue weighted by molar-refractivity contribution is 6.35. The van der Waals surface area contributed by atoms with E-state index in [2.05, 4.69) is 5.32 Å². The second-order valence-electron chi connectivity index (χ2n) is 7.12. The zero-order valence-corrected chi connectivity index (χ0v) is 13.8. The van der Waals surface area contributed by atoms with Crippen LogP contribution < -0.4 is 10.1 Å². The molecular weight excluding hydrogens is 327 g/mol. The summed E-state index contributed by atoms with van der Waals surface area (Å²) in [6.45, 7) is 1.35. The Kier molecular flexibility index (Phi) is 4.11. The van der Waals surface area contributed by atoms with Crippen molar-refractivity contribution < 1.29 is 23.8 Å². The Balaban J connectivity index is 1.43. The lowest BCUT2D eigenvalue weighted by Crippen LogP contribution is -2.44. The largest absolute Gasteiger partial charge is 0.493 e. The van der Waals surface area contributed by atoms with Crippen molar-refractivity contribution in [1.29, 1.82) is 0 Å². The molecule has 134 valence electrons. The quantitative estimate of drug-likeness (QED) is 0.742. The molecule has 7 heteroatoms. The number of carbonyl (C=O) groups excluding carboxylic acids is 2. The first-order valence-corrected chi connectivity index (χ1v) is 8.73. The van der Waals surface area contributed by atoms with Gasteiger partial charge in [-0.1, -0.05) is 0 Å². The van der Waals surface area contributed by atoms with E-state index in [0.29, 0.717) is 37.4 Å². The lowest BCUT2D eigenvalue weighted by molar-refractivity contribution is -0.146. The van der Waals surface area contributed by atoms with Gasteiger partial charge in [0.15, 0.2) is 0 Å². The summed E-state index contributed by atoms with van der Waals surface area (Å²) in [4.78, 5) is 26.4. The maximum atomic E-state index is 13.5. The number of hydrogen-bond donors (Lipinski definition) is 2. The van der Waals surface area contributed by atoms with Gasteiger partial charge in [-0.15, -0.1) is 0 Å². The van der Waals surface area contributed by atoms with E-state index in [1.807, 2.05) is 0 Å². The van der Waals surface area contributed by atoms with Crippen LogP contribution in [0.2, 0.25) is 0 Å². The van der Waals surface area contributed by atoms with Crippen LogP contribution in [0.3, 0.4) is 0 Å². The van der Waals surface area contributed by atoms with Crippen LogP contribution in [-0.4, -0.2) is 47.6 Å². The molecule has 0 aromatic heterocycles. The molecule has 2 amide bonds. The van der Waals surface area contributed by atoms with Crippen LogP contribution in [0.15, 0.2) is 18.2 Å². The van der Waals surface area contributed by atoms with Gasteiger partial charge in [-0.2, -0.15) is 0 Å². The normalized spacial score (nSPS) is 30.4. The number of aliphatic hydroxyl groups is 1. The topological polar surface area (TPSA) is 78.9 Å². The summed E-state index contributed by atoms with van der Waals surface area (Å²) >= 11 is 0. The smallest absolute Gasteiger partial charge is 0.311 e. The molecular formula is C18H21FN2O4. The Morgan fingerprint density at radius 1 is 1.24 bits per heavy atom. The molecule has 2 fully saturated rings. The predicted octanol–water partition coefficient (Wildman–Crippen LogP) is 0.995. The van der Waals surface area contributed by atoms with Gasteiger partial charge in [0.25, 0.3) is 0 Å². The number of nitrogens with one attached hydrogen (secondary N) is 1. The Hall–Kier alpha value is -2.15. The maximum absolute atomic E-state index is 13.5. The number of hydrogen-bond acceptors (Lipinski definition) is 4. The third-order valence-electron chi connectivity index (χ3n) is 5.62. The molecule has 2 heterocycles. The SMILES string of the molecule is O=C(NC1CCOc2ccc(F)cc21)C(=O)N1C[C@H]2CC[C@@H](O)[C@H]2C1. The predicted molar refractivity (Wildman–Crippen MR) is 86.2 cm³/mol. The molecule has 1 aromatic rings. The van der Waals surface area contributed by atoms with E-state index < -0.39 is 23.7 Å². The summed E-state index contributed by atoms with van der Waals surface area (Å²) in [5.74, 6) is -0.776. The minimum Gasteiger partial charge on any atom is -0.493 e. The van der Waals surface area contributed by atoms with Gasteiger partial charge in [-0.25, -0.2) is 4.39 Å². The number of likely N-dealkylation sites (tertiary alicyclic amines) is 1. The van der Waals surface area contributed by atoms with Gasteiger partial charge in [-0.3, -0.25) is 9.59 Å². The van der Waals surface area contributed by atoms with Crippen molar-refractivity contribution in [2.75, 3.05) is 19.7 Å². The Morgan fingerprint density at radius 3 is 2.88 bits per heavy atom. The first kappa shape index (κ1) is 16.3. The molecule has 0 spiro atoms. The van der Waals surface area contributed by atoms with Gasteiger partial charge in [0.05, 0.1) is 18.8 Å². The summed E-state index contributed by atoms with van der Waals surface area (Å²) in [7, 11) is 0. The van der Waals surface area contributed by atoms with Crippen molar-refractivity contribution in [3.05, 3.63) is 29.6 Å². The summed E-state index contributed by atoms with van der Waals surface area (Å²) in [6, 6.07) is 3.74. The molecule has 4 rings (SSSR count). The molecule has 1 saturated heterocycles. The maximum Gasteiger partial charge on any atom is 0.311 e. The number of fused-ring (bicyclic) bond motifs is 2. The molecule has 25 heavy (non-hydrogen) atoms. The van der Waals surface area contributed by atoms with E-state index in [4.69, 9.17) is 4.74 Å². The standard InChI is InChI=1S/C18H21FN2O4/c19-11-2-4-16-12(7-11)14(5-6-25-16)20-17(23)18(24)21-8-10-1-3-15(22)13(10)9-21/h2,4,7,10,13-15,22H,1,3,5-6,8-9H2,(H,20,23)/t10-,13+,14?,15-/m1/s1. The third kappa shape index (κ3) is 2.97. The first-order chi connectivity index (χ1) is 12.0. The van der Waals surface area contributed by atoms with Crippen LogP contribution in [0, 0.1) is 17.7 Å². The van der Waals surface area contributed by atoms with Crippen molar-refractivity contribution in [2.24, 2.45) is 11.8 Å². The van der Waals surface area contributed by atoms with Crippen LogP contribution in [0.25, 0.3) is 0 Å². The fourth-order valence-corrected chi connectivity index (χ4v) is 4.28. The van der Waals surface area contributed by atoms with Crippen LogP contribution in [0.4, 0.5) is 4.39 Å². The van der Waals surface area contributed by atoms with E-state index in [-0.39, 0.29) is 17.9 Å². The second-order valence-corrected chi connectivity index (χ2v) is 7.12. The molecule has 4 atom stereocenters. The molecule has 0 radical (unpaired) electrons. The number of carbonyl (C=O) groups is 2. The molecule has 1 saturated carbocycles. The molecule has 6 nitrogen and oxygen atoms in total. The summed E-state index contributed by atoms with van der Waals surface area (Å²) < 4.78 is 19.0. The van der Waals surface area contributed by atoms with Crippen molar-refractivity contribution >= 4 is 11.8 Å². The number of benzene rings is 1. The average molecular weight is 348 g/mol. The van der Waals surface area contributed by atoms with Gasteiger partial charge in [0, 0.05) is 31.0 Å². The zero-order valence-electron chi connectivity index (χ0n) is 13.8. The molecule has 1 aromatic carbocycles. The minimum absolute atomic E-state index is 0.0784. The lowest BCUT2D eigenvalue weighted by atomic mass is 10.00. The highest BCUT2D eigenvalue weighted by Crippen LogP contribution is 2.38. The van der Waals surface area contributed by atoms with E-state index in [1.54, 1.807) is 0 Å². The monoisotopic (exact) mass is 348 g/mol. The van der Waals surface area contributed by atoms with E-state index in [9.17, 15) is 19.1 Å². The molecule has 2 aliphatic heterocycles. The van der Waals surface area contributed by atoms with E-state index >= 15 is 0 Å². The van der Waals surface area contributed by atoms with Crippen LogP contribution in [0.5, 0.6) is 5.75 Å². The Bertz CT molecular complexity index is 710. The molecule has 3 aliphatic rings. The molecule has 1 aliphatic carbocycles. The Labute approximate surface area is 144 Å². The number of nitrogens with zero attached hydrogens (tertiary/aromatic N) is 1. The van der Waals surface area contributed by atoms with E-state index in [0.717, 1.165) is 12.8 Å². The fourth-order valence-electron chi connectivity index (χ4n) is 4.28. The van der Waals surface area contributed by atoms with Crippen molar-refractivity contribution in [1.82, 2.24) is 10.2 Å². The number of aliphatic hydroxyl groups excluding tert-OH is 1. The Morgan fingerprint density at radius 2 is 2.08 bits per heavy atom. The molecule has 0 bridgehead atoms. The van der Waals surface area contributed by atoms with Gasteiger partial charge in [-0.05, 0) is 37.0 Å². The van der Waals surface area contributed by atoms with Crippen molar-refractivity contribution in [3.8, 4) is 5.75 Å². The third-order valence-corrected chi connectivity index (χ3v) is 5.62. The van der Waals surface area contributed by atoms with Crippen LogP contribution in [0.1, 0.15) is 30.9 Å². The number of ether oxygens (including phenoxy) is 1. The van der Waals surface area contributed by atoms with Gasteiger partial charge >= 0.3 is 11.8 Å². The summed E-state index contributed by atoms with van der Waals surface area (Å²) in [5.41, 5.74) is 0.557. The lowest BCUT2D eigenvalue weighted by Gasteiger charge is -2.27. The van der Waals surface area contributed by atoms with Gasteiger partial charge in [0.2, 0.25) is 0 Å². The average Bonchev–Trinajstić information content (AvgIpc) is 3.17. The summed E-state index contributed by atoms with van der Waals surface area (Å²) in [6.07, 6.45) is 1.77.